The zero-order valence-corrected chi connectivity index (χ0v) is 14.9. The normalized spacial score (nSPS) is 18.8. The largest absolute Gasteiger partial charge is 0.497 e. The van der Waals surface area contributed by atoms with E-state index in [0.717, 1.165) is 4.90 Å². The molecule has 0 aliphatic carbocycles. The first-order valence-electron chi connectivity index (χ1n) is 7.61. The smallest absolute Gasteiger partial charge is 0.250 e. The molecule has 7 heteroatoms. The number of hydrogen-bond donors (Lipinski definition) is 2. The number of methoxy groups -OCH3 is 2. The highest BCUT2D eigenvalue weighted by Gasteiger charge is 2.46. The number of fused-ring (bicyclic) bond motifs is 1. The molecule has 6 nitrogen and oxygen atoms in total. The average molecular weight is 358 g/mol. The van der Waals surface area contributed by atoms with Crippen LogP contribution in [0.5, 0.6) is 11.5 Å². The highest BCUT2D eigenvalue weighted by molar-refractivity contribution is 8.02. The van der Waals surface area contributed by atoms with Crippen LogP contribution in [0.4, 0.5) is 11.4 Å². The lowest BCUT2D eigenvalue weighted by Crippen LogP contribution is -2.49. The van der Waals surface area contributed by atoms with Crippen molar-refractivity contribution in [1.29, 1.82) is 0 Å². The second-order valence-electron chi connectivity index (χ2n) is 5.61. The number of benzene rings is 2. The average Bonchev–Trinajstić information content (AvgIpc) is 2.62. The molecule has 0 saturated heterocycles. The van der Waals surface area contributed by atoms with E-state index in [-0.39, 0.29) is 5.91 Å². The van der Waals surface area contributed by atoms with E-state index in [9.17, 15) is 9.59 Å². The molecule has 0 radical (unpaired) electrons. The minimum absolute atomic E-state index is 0.360. The van der Waals surface area contributed by atoms with Crippen LogP contribution in [0.15, 0.2) is 47.4 Å². The third-order valence-corrected chi connectivity index (χ3v) is 5.33. The van der Waals surface area contributed by atoms with Gasteiger partial charge in [-0.25, -0.2) is 0 Å². The van der Waals surface area contributed by atoms with Gasteiger partial charge in [-0.1, -0.05) is 23.9 Å². The van der Waals surface area contributed by atoms with E-state index in [1.54, 1.807) is 32.2 Å². The summed E-state index contributed by atoms with van der Waals surface area (Å²) in [4.78, 5) is 26.2. The van der Waals surface area contributed by atoms with Crippen LogP contribution in [0.3, 0.4) is 0 Å². The highest BCUT2D eigenvalue weighted by atomic mass is 32.2. The zero-order valence-electron chi connectivity index (χ0n) is 14.1. The molecule has 1 unspecified atom stereocenters. The Morgan fingerprint density at radius 3 is 2.64 bits per heavy atom. The van der Waals surface area contributed by atoms with Gasteiger partial charge in [-0.2, -0.15) is 0 Å². The molecule has 2 aromatic carbocycles. The fraction of sp³-hybridized carbons (Fsp3) is 0.222. The van der Waals surface area contributed by atoms with Gasteiger partial charge in [0.15, 0.2) is 4.75 Å². The Balaban J connectivity index is 1.87. The van der Waals surface area contributed by atoms with Crippen LogP contribution in [0.1, 0.15) is 6.92 Å². The topological polar surface area (TPSA) is 76.7 Å². The van der Waals surface area contributed by atoms with Gasteiger partial charge in [0.2, 0.25) is 11.8 Å². The summed E-state index contributed by atoms with van der Waals surface area (Å²) < 4.78 is 9.15. The molecule has 0 spiro atoms. The fourth-order valence-corrected chi connectivity index (χ4v) is 3.56. The lowest BCUT2D eigenvalue weighted by Gasteiger charge is -2.31. The Morgan fingerprint density at radius 2 is 1.92 bits per heavy atom. The Labute approximate surface area is 149 Å². The number of carbonyl (C=O) groups is 2. The summed E-state index contributed by atoms with van der Waals surface area (Å²) in [5.41, 5.74) is 1.19. The molecule has 2 amide bonds. The van der Waals surface area contributed by atoms with Crippen LogP contribution < -0.4 is 20.1 Å². The SMILES string of the molecule is COc1ccc(NC(=O)C2(C)Sc3ccccc3NC2=O)c(OC)c1. The summed E-state index contributed by atoms with van der Waals surface area (Å²) in [6.07, 6.45) is 0. The number of hydrogen-bond acceptors (Lipinski definition) is 5. The monoisotopic (exact) mass is 358 g/mol. The Kier molecular flexibility index (Phi) is 4.59. The lowest BCUT2D eigenvalue weighted by atomic mass is 10.1. The maximum Gasteiger partial charge on any atom is 0.250 e. The second kappa shape index (κ2) is 6.68. The van der Waals surface area contributed by atoms with E-state index in [1.165, 1.54) is 18.9 Å². The van der Waals surface area contributed by atoms with E-state index in [1.807, 2.05) is 24.3 Å². The Hall–Kier alpha value is -2.67. The number of anilines is 2. The number of thioether (sulfide) groups is 1. The quantitative estimate of drug-likeness (QED) is 0.821. The number of para-hydroxylation sites is 1. The standard InChI is InChI=1S/C18H18N2O4S/c1-18(17(22)20-13-6-4-5-7-15(13)25-18)16(21)19-12-9-8-11(23-2)10-14(12)24-3/h4-10H,1-3H3,(H,19,21)(H,20,22). The van der Waals surface area contributed by atoms with E-state index >= 15 is 0 Å². The van der Waals surface area contributed by atoms with Crippen molar-refractivity contribution in [2.45, 2.75) is 16.6 Å². The van der Waals surface area contributed by atoms with Crippen molar-refractivity contribution < 1.29 is 19.1 Å². The van der Waals surface area contributed by atoms with Gasteiger partial charge < -0.3 is 20.1 Å². The van der Waals surface area contributed by atoms with Crippen molar-refractivity contribution >= 4 is 35.0 Å². The third-order valence-electron chi connectivity index (χ3n) is 3.97. The predicted octanol–water partition coefficient (Wildman–Crippen LogP) is 3.15. The van der Waals surface area contributed by atoms with Crippen molar-refractivity contribution in [3.05, 3.63) is 42.5 Å². The summed E-state index contributed by atoms with van der Waals surface area (Å²) in [5, 5.41) is 5.58. The summed E-state index contributed by atoms with van der Waals surface area (Å²) in [6.45, 7) is 1.61. The van der Waals surface area contributed by atoms with Crippen LogP contribution in [0, 0.1) is 0 Å². The van der Waals surface area contributed by atoms with E-state index in [0.29, 0.717) is 22.9 Å². The minimum Gasteiger partial charge on any atom is -0.497 e. The van der Waals surface area contributed by atoms with Gasteiger partial charge in [0.1, 0.15) is 11.5 Å². The van der Waals surface area contributed by atoms with Crippen molar-refractivity contribution in [2.24, 2.45) is 0 Å². The molecule has 130 valence electrons. The molecule has 25 heavy (non-hydrogen) atoms. The molecule has 3 rings (SSSR count). The molecule has 2 aromatic rings. The summed E-state index contributed by atoms with van der Waals surface area (Å²) in [5.74, 6) is 0.284. The number of amides is 2. The third kappa shape index (κ3) is 3.15. The van der Waals surface area contributed by atoms with Gasteiger partial charge in [0.05, 0.1) is 25.6 Å². The van der Waals surface area contributed by atoms with Crippen LogP contribution in [0.25, 0.3) is 0 Å². The lowest BCUT2D eigenvalue weighted by molar-refractivity contribution is -0.126. The van der Waals surface area contributed by atoms with Crippen LogP contribution in [0.2, 0.25) is 0 Å². The molecule has 1 aliphatic rings. The molecule has 1 atom stereocenters. The van der Waals surface area contributed by atoms with Gasteiger partial charge in [0, 0.05) is 11.0 Å². The number of ether oxygens (including phenoxy) is 2. The van der Waals surface area contributed by atoms with E-state index in [2.05, 4.69) is 10.6 Å². The van der Waals surface area contributed by atoms with E-state index < -0.39 is 10.7 Å². The van der Waals surface area contributed by atoms with Gasteiger partial charge >= 0.3 is 0 Å². The van der Waals surface area contributed by atoms with Gasteiger partial charge in [0.25, 0.3) is 0 Å². The molecule has 0 saturated carbocycles. The molecule has 0 fully saturated rings. The fourth-order valence-electron chi connectivity index (χ4n) is 2.46. The number of rotatable bonds is 4. The minimum atomic E-state index is -1.29. The number of nitrogens with one attached hydrogen (secondary N) is 2. The summed E-state index contributed by atoms with van der Waals surface area (Å²) in [6, 6.07) is 12.4. The Bertz CT molecular complexity index is 840. The first-order chi connectivity index (χ1) is 12.0. The summed E-state index contributed by atoms with van der Waals surface area (Å²) >= 11 is 1.23. The molecule has 0 aromatic heterocycles. The Morgan fingerprint density at radius 1 is 1.16 bits per heavy atom. The predicted molar refractivity (Wildman–Crippen MR) is 97.5 cm³/mol. The van der Waals surface area contributed by atoms with Crippen molar-refractivity contribution in [3.63, 3.8) is 0 Å². The number of carbonyl (C=O) groups excluding carboxylic acids is 2. The first kappa shape index (κ1) is 17.2. The zero-order chi connectivity index (χ0) is 18.0. The molecule has 0 bridgehead atoms. The van der Waals surface area contributed by atoms with Gasteiger partial charge in [-0.05, 0) is 31.2 Å². The second-order valence-corrected chi connectivity index (χ2v) is 7.07. The van der Waals surface area contributed by atoms with E-state index in [4.69, 9.17) is 9.47 Å². The maximum atomic E-state index is 12.9. The molecular weight excluding hydrogens is 340 g/mol. The molecule has 2 N–H and O–H groups in total. The van der Waals surface area contributed by atoms with Gasteiger partial charge in [-0.3, -0.25) is 9.59 Å². The van der Waals surface area contributed by atoms with Crippen LogP contribution >= 0.6 is 11.8 Å². The van der Waals surface area contributed by atoms with Crippen molar-refractivity contribution in [1.82, 2.24) is 0 Å². The van der Waals surface area contributed by atoms with Crippen molar-refractivity contribution in [3.8, 4) is 11.5 Å². The molecule has 1 aliphatic heterocycles. The first-order valence-corrected chi connectivity index (χ1v) is 8.42. The van der Waals surface area contributed by atoms with Crippen LogP contribution in [-0.2, 0) is 9.59 Å². The molecular formula is C18H18N2O4S. The van der Waals surface area contributed by atoms with Crippen molar-refractivity contribution in [2.75, 3.05) is 24.9 Å². The van der Waals surface area contributed by atoms with Crippen LogP contribution in [-0.4, -0.2) is 30.8 Å². The maximum absolute atomic E-state index is 12.9. The highest BCUT2D eigenvalue weighted by Crippen LogP contribution is 2.43. The summed E-state index contributed by atoms with van der Waals surface area (Å²) in [7, 11) is 3.05. The van der Waals surface area contributed by atoms with Gasteiger partial charge in [-0.15, -0.1) is 0 Å². The molecule has 1 heterocycles.